The highest BCUT2D eigenvalue weighted by Crippen LogP contribution is 2.22. The van der Waals surface area contributed by atoms with Crippen LogP contribution in [0.5, 0.6) is 0 Å². The summed E-state index contributed by atoms with van der Waals surface area (Å²) in [4.78, 5) is 8.31. The van der Waals surface area contributed by atoms with Crippen LogP contribution in [0.15, 0.2) is 28.3 Å². The zero-order chi connectivity index (χ0) is 13.6. The summed E-state index contributed by atoms with van der Waals surface area (Å²) >= 11 is 0. The molecule has 0 atom stereocenters. The minimum atomic E-state index is -0.0198. The van der Waals surface area contributed by atoms with E-state index in [9.17, 15) is 0 Å². The predicted octanol–water partition coefficient (Wildman–Crippen LogP) is 1.82. The lowest BCUT2D eigenvalue weighted by Crippen LogP contribution is -2.36. The smallest absolute Gasteiger partial charge is 0.213 e. The molecule has 0 saturated heterocycles. The van der Waals surface area contributed by atoms with Crippen molar-refractivity contribution in [3.8, 4) is 0 Å². The van der Waals surface area contributed by atoms with Crippen LogP contribution < -0.4 is 10.6 Å². The van der Waals surface area contributed by atoms with Gasteiger partial charge in [0.15, 0.2) is 5.96 Å². The molecule has 1 aromatic heterocycles. The van der Waals surface area contributed by atoms with Crippen molar-refractivity contribution in [2.75, 3.05) is 13.6 Å². The van der Waals surface area contributed by atoms with Crippen molar-refractivity contribution in [3.63, 3.8) is 0 Å². The van der Waals surface area contributed by atoms with Crippen LogP contribution in [0.3, 0.4) is 0 Å². The number of hydrogen-bond acceptors (Lipinski definition) is 3. The molecular weight excluding hydrogens is 228 g/mol. The Kier molecular flexibility index (Phi) is 4.95. The third kappa shape index (κ3) is 4.24. The van der Waals surface area contributed by atoms with Crippen LogP contribution in [-0.2, 0) is 12.0 Å². The van der Waals surface area contributed by atoms with E-state index < -0.39 is 0 Å². The van der Waals surface area contributed by atoms with Gasteiger partial charge in [0.2, 0.25) is 5.89 Å². The minimum Gasteiger partial charge on any atom is -0.443 e. The van der Waals surface area contributed by atoms with Gasteiger partial charge >= 0.3 is 0 Å². The summed E-state index contributed by atoms with van der Waals surface area (Å²) in [5.74, 6) is 2.24. The second kappa shape index (κ2) is 6.23. The molecule has 5 nitrogen and oxygen atoms in total. The van der Waals surface area contributed by atoms with Gasteiger partial charge in [-0.2, -0.15) is 0 Å². The molecule has 0 fully saturated rings. The molecule has 5 heteroatoms. The quantitative estimate of drug-likeness (QED) is 0.486. The Balaban J connectivity index is 2.53. The maximum atomic E-state index is 5.67. The first-order chi connectivity index (χ1) is 8.47. The average Bonchev–Trinajstić information content (AvgIpc) is 2.78. The number of guanidine groups is 1. The fraction of sp³-hybridized carbons (Fsp3) is 0.538. The number of aliphatic imine (C=N–C) groups is 1. The molecule has 0 aliphatic rings. The largest absolute Gasteiger partial charge is 0.443 e. The standard InChI is InChI=1S/C13H22N4O/c1-6-7-15-12(14-5)17-9-11-16-8-10(18-11)13(2,3)4/h6,8H,1,7,9H2,2-5H3,(H2,14,15,17). The van der Waals surface area contributed by atoms with Crippen LogP contribution in [0.25, 0.3) is 0 Å². The molecule has 1 aromatic rings. The van der Waals surface area contributed by atoms with E-state index in [1.54, 1.807) is 19.3 Å². The number of rotatable bonds is 4. The molecule has 1 heterocycles. The molecule has 0 spiro atoms. The maximum absolute atomic E-state index is 5.67. The van der Waals surface area contributed by atoms with Crippen LogP contribution in [-0.4, -0.2) is 24.5 Å². The lowest BCUT2D eigenvalue weighted by molar-refractivity contribution is 0.379. The maximum Gasteiger partial charge on any atom is 0.213 e. The summed E-state index contributed by atoms with van der Waals surface area (Å²) in [6.45, 7) is 11.1. The molecule has 100 valence electrons. The first-order valence-corrected chi connectivity index (χ1v) is 5.98. The van der Waals surface area contributed by atoms with Gasteiger partial charge in [-0.25, -0.2) is 4.98 Å². The Labute approximate surface area is 108 Å². The van der Waals surface area contributed by atoms with Crippen LogP contribution in [0.2, 0.25) is 0 Å². The van der Waals surface area contributed by atoms with Gasteiger partial charge in [0, 0.05) is 19.0 Å². The van der Waals surface area contributed by atoms with Crippen LogP contribution in [0.1, 0.15) is 32.4 Å². The zero-order valence-electron chi connectivity index (χ0n) is 11.6. The molecule has 0 unspecified atom stereocenters. The molecule has 0 aliphatic carbocycles. The molecule has 18 heavy (non-hydrogen) atoms. The summed E-state index contributed by atoms with van der Waals surface area (Å²) in [6, 6.07) is 0. The van der Waals surface area contributed by atoms with Gasteiger partial charge in [0.05, 0.1) is 12.7 Å². The van der Waals surface area contributed by atoms with E-state index in [0.29, 0.717) is 24.9 Å². The van der Waals surface area contributed by atoms with Gasteiger partial charge < -0.3 is 15.1 Å². The van der Waals surface area contributed by atoms with Crippen molar-refractivity contribution >= 4 is 5.96 Å². The van der Waals surface area contributed by atoms with Crippen LogP contribution in [0, 0.1) is 0 Å². The van der Waals surface area contributed by atoms with Gasteiger partial charge in [0.25, 0.3) is 0 Å². The monoisotopic (exact) mass is 250 g/mol. The SMILES string of the molecule is C=CCNC(=NC)NCc1ncc(C(C)(C)C)o1. The number of hydrogen-bond donors (Lipinski definition) is 2. The fourth-order valence-electron chi connectivity index (χ4n) is 1.29. The third-order valence-electron chi connectivity index (χ3n) is 2.34. The Bertz CT molecular complexity index is 415. The van der Waals surface area contributed by atoms with Crippen LogP contribution in [0.4, 0.5) is 0 Å². The lowest BCUT2D eigenvalue weighted by Gasteiger charge is -2.13. The number of aromatic nitrogens is 1. The fourth-order valence-corrected chi connectivity index (χ4v) is 1.29. The van der Waals surface area contributed by atoms with Crippen molar-refractivity contribution in [1.82, 2.24) is 15.6 Å². The van der Waals surface area contributed by atoms with Gasteiger partial charge in [-0.3, -0.25) is 4.99 Å². The van der Waals surface area contributed by atoms with E-state index in [-0.39, 0.29) is 5.41 Å². The number of oxazole rings is 1. The van der Waals surface area contributed by atoms with Gasteiger partial charge in [0.1, 0.15) is 5.76 Å². The highest BCUT2D eigenvalue weighted by atomic mass is 16.4. The highest BCUT2D eigenvalue weighted by molar-refractivity contribution is 5.79. The third-order valence-corrected chi connectivity index (χ3v) is 2.34. The van der Waals surface area contributed by atoms with Crippen molar-refractivity contribution < 1.29 is 4.42 Å². The average molecular weight is 250 g/mol. The molecule has 0 aliphatic heterocycles. The topological polar surface area (TPSA) is 62.5 Å². The first kappa shape index (κ1) is 14.3. The van der Waals surface area contributed by atoms with Crippen molar-refractivity contribution in [2.45, 2.75) is 32.7 Å². The van der Waals surface area contributed by atoms with E-state index in [2.05, 4.69) is 48.0 Å². The zero-order valence-corrected chi connectivity index (χ0v) is 11.6. The predicted molar refractivity (Wildman–Crippen MR) is 73.6 cm³/mol. The van der Waals surface area contributed by atoms with Gasteiger partial charge in [-0.1, -0.05) is 26.8 Å². The Morgan fingerprint density at radius 3 is 2.72 bits per heavy atom. The molecule has 1 rings (SSSR count). The number of nitrogens with zero attached hydrogens (tertiary/aromatic N) is 2. The molecule has 0 radical (unpaired) electrons. The molecule has 0 amide bonds. The van der Waals surface area contributed by atoms with Crippen LogP contribution >= 0.6 is 0 Å². The summed E-state index contributed by atoms with van der Waals surface area (Å²) < 4.78 is 5.67. The highest BCUT2D eigenvalue weighted by Gasteiger charge is 2.19. The normalized spacial score (nSPS) is 12.3. The summed E-state index contributed by atoms with van der Waals surface area (Å²) in [5.41, 5.74) is -0.0198. The molecule has 2 N–H and O–H groups in total. The van der Waals surface area contributed by atoms with E-state index in [1.807, 2.05) is 0 Å². The molecule has 0 aromatic carbocycles. The molecule has 0 saturated carbocycles. The second-order valence-corrected chi connectivity index (χ2v) is 4.96. The number of nitrogens with one attached hydrogen (secondary N) is 2. The van der Waals surface area contributed by atoms with Crippen molar-refractivity contribution in [3.05, 3.63) is 30.5 Å². The Morgan fingerprint density at radius 2 is 2.22 bits per heavy atom. The minimum absolute atomic E-state index is 0.0198. The van der Waals surface area contributed by atoms with E-state index in [1.165, 1.54) is 0 Å². The Hall–Kier alpha value is -1.78. The van der Waals surface area contributed by atoms with Crippen molar-refractivity contribution in [1.29, 1.82) is 0 Å². The molecular formula is C13H22N4O. The van der Waals surface area contributed by atoms with Gasteiger partial charge in [-0.15, -0.1) is 6.58 Å². The molecule has 0 bridgehead atoms. The van der Waals surface area contributed by atoms with Crippen molar-refractivity contribution in [2.24, 2.45) is 4.99 Å². The Morgan fingerprint density at radius 1 is 1.50 bits per heavy atom. The second-order valence-electron chi connectivity index (χ2n) is 4.96. The van der Waals surface area contributed by atoms with E-state index in [4.69, 9.17) is 4.42 Å². The lowest BCUT2D eigenvalue weighted by atomic mass is 9.94. The van der Waals surface area contributed by atoms with E-state index in [0.717, 1.165) is 5.76 Å². The van der Waals surface area contributed by atoms with Gasteiger partial charge in [-0.05, 0) is 0 Å². The summed E-state index contributed by atoms with van der Waals surface area (Å²) in [6.07, 6.45) is 3.55. The first-order valence-electron chi connectivity index (χ1n) is 5.98. The summed E-state index contributed by atoms with van der Waals surface area (Å²) in [7, 11) is 1.72. The summed E-state index contributed by atoms with van der Waals surface area (Å²) in [5, 5.41) is 6.20. The van der Waals surface area contributed by atoms with E-state index >= 15 is 0 Å².